The predicted octanol–water partition coefficient (Wildman–Crippen LogP) is 7.51. The van der Waals surface area contributed by atoms with Gasteiger partial charge in [-0.05, 0) is 67.5 Å². The summed E-state index contributed by atoms with van der Waals surface area (Å²) in [6.07, 6.45) is -2.78. The average Bonchev–Trinajstić information content (AvgIpc) is 3.46. The lowest BCUT2D eigenvalue weighted by Crippen LogP contribution is -2.19. The van der Waals surface area contributed by atoms with Crippen molar-refractivity contribution in [3.63, 3.8) is 0 Å². The van der Waals surface area contributed by atoms with E-state index in [-0.39, 0.29) is 5.92 Å². The van der Waals surface area contributed by atoms with Gasteiger partial charge in [-0.3, -0.25) is 4.79 Å². The molecule has 0 amide bonds. The highest BCUT2D eigenvalue weighted by atomic mass is 35.5. The van der Waals surface area contributed by atoms with Gasteiger partial charge in [0.15, 0.2) is 5.58 Å². The second kappa shape index (κ2) is 10.8. The Kier molecular flexibility index (Phi) is 7.94. The zero-order valence-electron chi connectivity index (χ0n) is 20.8. The summed E-state index contributed by atoms with van der Waals surface area (Å²) in [7, 11) is 1.30. The number of esters is 1. The highest BCUT2D eigenvalue weighted by Gasteiger charge is 2.30. The van der Waals surface area contributed by atoms with Crippen molar-refractivity contribution in [3.05, 3.63) is 69.4 Å². The topological polar surface area (TPSA) is 65.2 Å². The van der Waals surface area contributed by atoms with Crippen LogP contribution >= 0.6 is 22.9 Å². The number of thiazole rings is 1. The van der Waals surface area contributed by atoms with Crippen LogP contribution in [-0.2, 0) is 35.0 Å². The smallest absolute Gasteiger partial charge is 0.416 e. The third kappa shape index (κ3) is 5.99. The Morgan fingerprint density at radius 3 is 2.49 bits per heavy atom. The van der Waals surface area contributed by atoms with E-state index in [1.54, 1.807) is 0 Å². The molecule has 0 fully saturated rings. The fourth-order valence-electron chi connectivity index (χ4n) is 4.14. The maximum Gasteiger partial charge on any atom is 0.416 e. The van der Waals surface area contributed by atoms with Crippen molar-refractivity contribution >= 4 is 39.9 Å². The van der Waals surface area contributed by atoms with Gasteiger partial charge in [0.1, 0.15) is 10.4 Å². The first-order valence-electron chi connectivity index (χ1n) is 11.7. The van der Waals surface area contributed by atoms with E-state index in [1.807, 2.05) is 32.9 Å². The zero-order valence-corrected chi connectivity index (χ0v) is 22.4. The number of rotatable bonds is 8. The molecule has 0 saturated carbocycles. The highest BCUT2D eigenvalue weighted by Crippen LogP contribution is 2.35. The maximum absolute atomic E-state index is 12.9. The Bertz CT molecular complexity index is 1410. The molecular weight excluding hydrogens is 525 g/mol. The van der Waals surface area contributed by atoms with Gasteiger partial charge in [-0.25, -0.2) is 4.98 Å². The molecule has 0 spiro atoms. The standard InChI is InChI=1S/C27H26ClF3N2O3S/c1-14(2)24-23(37-25(32-24)16-5-7-18(8-6-16)27(29,30)31)10-9-21-19-11-15(3)17(13-22(19)36-33-21)12-20(28)26(34)35-4/h5-8,11,13-14,20H,9-10,12H2,1-4H3. The van der Waals surface area contributed by atoms with Crippen molar-refractivity contribution in [2.75, 3.05) is 7.11 Å². The summed E-state index contributed by atoms with van der Waals surface area (Å²) < 4.78 is 49.1. The van der Waals surface area contributed by atoms with Crippen LogP contribution in [0.1, 0.15) is 52.7 Å². The van der Waals surface area contributed by atoms with Crippen LogP contribution in [0.3, 0.4) is 0 Å². The molecule has 0 aliphatic carbocycles. The van der Waals surface area contributed by atoms with Gasteiger partial charge in [0, 0.05) is 15.8 Å². The summed E-state index contributed by atoms with van der Waals surface area (Å²) in [6, 6.07) is 8.94. The summed E-state index contributed by atoms with van der Waals surface area (Å²) in [5, 5.41) is 5.07. The molecule has 37 heavy (non-hydrogen) atoms. The third-order valence-electron chi connectivity index (χ3n) is 6.18. The number of methoxy groups -OCH3 is 1. The van der Waals surface area contributed by atoms with E-state index >= 15 is 0 Å². The van der Waals surface area contributed by atoms with E-state index in [9.17, 15) is 18.0 Å². The van der Waals surface area contributed by atoms with Gasteiger partial charge >= 0.3 is 12.1 Å². The average molecular weight is 551 g/mol. The number of fused-ring (bicyclic) bond motifs is 1. The number of nitrogens with zero attached hydrogens (tertiary/aromatic N) is 2. The van der Waals surface area contributed by atoms with Crippen molar-refractivity contribution in [1.82, 2.24) is 10.1 Å². The van der Waals surface area contributed by atoms with Gasteiger partial charge in [-0.1, -0.05) is 31.1 Å². The van der Waals surface area contributed by atoms with Crippen LogP contribution in [0.5, 0.6) is 0 Å². The van der Waals surface area contributed by atoms with E-state index < -0.39 is 23.1 Å². The number of carbonyl (C=O) groups is 1. The Balaban J connectivity index is 1.55. The molecule has 2 heterocycles. The van der Waals surface area contributed by atoms with Crippen molar-refractivity contribution in [1.29, 1.82) is 0 Å². The van der Waals surface area contributed by atoms with Gasteiger partial charge < -0.3 is 9.26 Å². The molecule has 2 aromatic heterocycles. The van der Waals surface area contributed by atoms with Gasteiger partial charge in [0.25, 0.3) is 0 Å². The molecule has 1 unspecified atom stereocenters. The van der Waals surface area contributed by atoms with Crippen LogP contribution in [0, 0.1) is 6.92 Å². The van der Waals surface area contributed by atoms with Gasteiger partial charge in [-0.2, -0.15) is 13.2 Å². The molecule has 1 atom stereocenters. The van der Waals surface area contributed by atoms with E-state index in [0.29, 0.717) is 35.4 Å². The van der Waals surface area contributed by atoms with Crippen molar-refractivity contribution < 1.29 is 27.2 Å². The second-order valence-corrected chi connectivity index (χ2v) is 10.8. The van der Waals surface area contributed by atoms with Crippen molar-refractivity contribution in [3.8, 4) is 10.6 Å². The second-order valence-electron chi connectivity index (χ2n) is 9.16. The normalized spacial score (nSPS) is 12.9. The lowest BCUT2D eigenvalue weighted by Gasteiger charge is -2.10. The lowest BCUT2D eigenvalue weighted by molar-refractivity contribution is -0.140. The van der Waals surface area contributed by atoms with Crippen LogP contribution in [0.25, 0.3) is 21.5 Å². The summed E-state index contributed by atoms with van der Waals surface area (Å²) in [5.74, 6) is -0.327. The Morgan fingerprint density at radius 2 is 1.86 bits per heavy atom. The Hall–Kier alpha value is -2.91. The largest absolute Gasteiger partial charge is 0.468 e. The van der Waals surface area contributed by atoms with Gasteiger partial charge in [-0.15, -0.1) is 22.9 Å². The van der Waals surface area contributed by atoms with Crippen LogP contribution in [-0.4, -0.2) is 28.6 Å². The summed E-state index contributed by atoms with van der Waals surface area (Å²) in [6.45, 7) is 6.04. The van der Waals surface area contributed by atoms with Crippen LogP contribution in [0.2, 0.25) is 0 Å². The number of hydrogen-bond acceptors (Lipinski definition) is 6. The Morgan fingerprint density at radius 1 is 1.16 bits per heavy atom. The minimum atomic E-state index is -4.37. The Labute approximate surface area is 221 Å². The quantitative estimate of drug-likeness (QED) is 0.168. The SMILES string of the molecule is COC(=O)C(Cl)Cc1cc2onc(CCc3sc(-c4ccc(C(F)(F)F)cc4)nc3C(C)C)c2cc1C. The number of carbonyl (C=O) groups excluding carboxylic acids is 1. The fraction of sp³-hybridized carbons (Fsp3) is 0.370. The molecule has 196 valence electrons. The summed E-state index contributed by atoms with van der Waals surface area (Å²) in [5.41, 5.74) is 4.18. The van der Waals surface area contributed by atoms with Crippen LogP contribution in [0.15, 0.2) is 40.9 Å². The monoisotopic (exact) mass is 550 g/mol. The summed E-state index contributed by atoms with van der Waals surface area (Å²) in [4.78, 5) is 17.5. The molecule has 0 radical (unpaired) electrons. The number of ether oxygens (including phenoxy) is 1. The van der Waals surface area contributed by atoms with E-state index in [0.717, 1.165) is 44.9 Å². The minimum Gasteiger partial charge on any atom is -0.468 e. The minimum absolute atomic E-state index is 0.159. The van der Waals surface area contributed by atoms with Gasteiger partial charge in [0.05, 0.1) is 24.1 Å². The number of halogens is 4. The first kappa shape index (κ1) is 27.1. The number of aromatic nitrogens is 2. The molecule has 4 aromatic rings. The molecular formula is C27H26ClF3N2O3S. The number of hydrogen-bond donors (Lipinski definition) is 0. The van der Waals surface area contributed by atoms with Crippen LogP contribution in [0.4, 0.5) is 13.2 Å². The molecule has 5 nitrogen and oxygen atoms in total. The molecule has 2 aromatic carbocycles. The molecule has 10 heteroatoms. The molecule has 0 aliphatic rings. The van der Waals surface area contributed by atoms with E-state index in [4.69, 9.17) is 25.8 Å². The number of benzene rings is 2. The zero-order chi connectivity index (χ0) is 26.9. The number of alkyl halides is 4. The maximum atomic E-state index is 12.9. The van der Waals surface area contributed by atoms with Gasteiger partial charge in [0.2, 0.25) is 0 Å². The van der Waals surface area contributed by atoms with Crippen LogP contribution < -0.4 is 0 Å². The fourth-order valence-corrected chi connectivity index (χ4v) is 5.62. The summed E-state index contributed by atoms with van der Waals surface area (Å²) >= 11 is 7.64. The third-order valence-corrected chi connectivity index (χ3v) is 7.69. The van der Waals surface area contributed by atoms with Crippen molar-refractivity contribution in [2.45, 2.75) is 57.5 Å². The van der Waals surface area contributed by atoms with E-state index in [1.165, 1.54) is 30.6 Å². The van der Waals surface area contributed by atoms with Crippen molar-refractivity contribution in [2.24, 2.45) is 0 Å². The molecule has 4 rings (SSSR count). The van der Waals surface area contributed by atoms with E-state index in [2.05, 4.69) is 5.16 Å². The molecule has 0 aliphatic heterocycles. The predicted molar refractivity (Wildman–Crippen MR) is 138 cm³/mol. The molecule has 0 bridgehead atoms. The molecule has 0 saturated heterocycles. The first-order chi connectivity index (χ1) is 17.5. The first-order valence-corrected chi connectivity index (χ1v) is 13.0. The molecule has 0 N–H and O–H groups in total. The lowest BCUT2D eigenvalue weighted by atomic mass is 9.99. The number of aryl methyl sites for hydroxylation is 3. The highest BCUT2D eigenvalue weighted by molar-refractivity contribution is 7.15.